The minimum absolute atomic E-state index is 0.160. The molecule has 2 aliphatic heterocycles. The average molecular weight is 283 g/mol. The normalized spacial score (nSPS) is 31.4. The summed E-state index contributed by atoms with van der Waals surface area (Å²) in [6.45, 7) is 1.75. The Hall–Kier alpha value is -1.30. The number of nitrogens with one attached hydrogen (secondary N) is 2. The minimum atomic E-state index is -0.983. The lowest BCUT2D eigenvalue weighted by Gasteiger charge is -2.47. The molecule has 6 heteroatoms. The number of nitrogens with zero attached hydrogens (tertiary/aromatic N) is 1. The van der Waals surface area contributed by atoms with Crippen LogP contribution in [0, 0.1) is 0 Å². The number of hydrogen-bond acceptors (Lipinski definition) is 3. The van der Waals surface area contributed by atoms with Crippen molar-refractivity contribution >= 4 is 12.0 Å². The Morgan fingerprint density at radius 2 is 1.90 bits per heavy atom. The van der Waals surface area contributed by atoms with Crippen molar-refractivity contribution in [1.82, 2.24) is 15.5 Å². The van der Waals surface area contributed by atoms with Gasteiger partial charge in [-0.3, -0.25) is 0 Å². The van der Waals surface area contributed by atoms with Crippen LogP contribution in [-0.2, 0) is 4.79 Å². The number of carboxylic acid groups (broad SMARTS) is 1. The quantitative estimate of drug-likeness (QED) is 0.723. The maximum Gasteiger partial charge on any atom is 0.326 e. The molecular weight excluding hydrogens is 258 g/mol. The number of carboxylic acids is 1. The second-order valence-electron chi connectivity index (χ2n) is 5.99. The number of hydrogen-bond donors (Lipinski definition) is 3. The van der Waals surface area contributed by atoms with Gasteiger partial charge in [0.1, 0.15) is 6.04 Å². The van der Waals surface area contributed by atoms with Gasteiger partial charge in [-0.15, -0.1) is 0 Å². The van der Waals surface area contributed by atoms with Gasteiger partial charge in [-0.1, -0.05) is 13.3 Å². The predicted molar refractivity (Wildman–Crippen MR) is 75.6 cm³/mol. The van der Waals surface area contributed by atoms with Gasteiger partial charge in [-0.05, 0) is 39.2 Å². The maximum absolute atomic E-state index is 11.9. The summed E-state index contributed by atoms with van der Waals surface area (Å²) in [5, 5.41) is 14.4. The Morgan fingerprint density at radius 1 is 1.30 bits per heavy atom. The molecule has 2 amide bonds. The van der Waals surface area contributed by atoms with Crippen molar-refractivity contribution in [2.24, 2.45) is 0 Å². The molecule has 0 aliphatic carbocycles. The van der Waals surface area contributed by atoms with E-state index in [-0.39, 0.29) is 12.1 Å². The fraction of sp³-hybridized carbons (Fsp3) is 0.857. The van der Waals surface area contributed by atoms with Gasteiger partial charge in [-0.25, -0.2) is 9.59 Å². The van der Waals surface area contributed by atoms with E-state index in [1.54, 1.807) is 6.92 Å². The van der Waals surface area contributed by atoms with Crippen molar-refractivity contribution in [2.75, 3.05) is 7.05 Å². The van der Waals surface area contributed by atoms with Crippen molar-refractivity contribution in [1.29, 1.82) is 0 Å². The number of amides is 2. The fourth-order valence-corrected chi connectivity index (χ4v) is 3.46. The van der Waals surface area contributed by atoms with Crippen LogP contribution in [0.25, 0.3) is 0 Å². The van der Waals surface area contributed by atoms with E-state index in [1.807, 2.05) is 0 Å². The first kappa shape index (κ1) is 15.1. The van der Waals surface area contributed by atoms with Crippen LogP contribution in [-0.4, -0.2) is 53.2 Å². The van der Waals surface area contributed by atoms with Gasteiger partial charge in [0.25, 0.3) is 0 Å². The molecule has 2 rings (SSSR count). The molecule has 0 aromatic rings. The van der Waals surface area contributed by atoms with Crippen LogP contribution < -0.4 is 10.6 Å². The van der Waals surface area contributed by atoms with Crippen LogP contribution in [0.1, 0.15) is 45.4 Å². The summed E-state index contributed by atoms with van der Waals surface area (Å²) in [7, 11) is 2.17. The molecule has 2 heterocycles. The Morgan fingerprint density at radius 3 is 2.40 bits per heavy atom. The van der Waals surface area contributed by atoms with Gasteiger partial charge in [0, 0.05) is 18.1 Å². The number of piperidine rings is 2. The number of urea groups is 1. The van der Waals surface area contributed by atoms with E-state index >= 15 is 0 Å². The van der Waals surface area contributed by atoms with E-state index in [9.17, 15) is 9.59 Å². The van der Waals surface area contributed by atoms with E-state index in [2.05, 4.69) is 22.6 Å². The SMILES string of the molecule is CC[C@@H](NC(=O)NC1CC2CCCC(C1)N2C)C(=O)O. The minimum Gasteiger partial charge on any atom is -0.480 e. The van der Waals surface area contributed by atoms with Crippen LogP contribution in [0.4, 0.5) is 4.79 Å². The van der Waals surface area contributed by atoms with Gasteiger partial charge in [0.2, 0.25) is 0 Å². The van der Waals surface area contributed by atoms with Crippen LogP contribution in [0.5, 0.6) is 0 Å². The van der Waals surface area contributed by atoms with Crippen molar-refractivity contribution in [3.63, 3.8) is 0 Å². The summed E-state index contributed by atoms with van der Waals surface area (Å²) >= 11 is 0. The maximum atomic E-state index is 11.9. The second kappa shape index (κ2) is 6.43. The van der Waals surface area contributed by atoms with Crippen LogP contribution in [0.3, 0.4) is 0 Å². The first-order chi connectivity index (χ1) is 9.51. The fourth-order valence-electron chi connectivity index (χ4n) is 3.46. The van der Waals surface area contributed by atoms with Gasteiger partial charge in [-0.2, -0.15) is 0 Å². The molecule has 0 aromatic heterocycles. The molecule has 6 nitrogen and oxygen atoms in total. The van der Waals surface area contributed by atoms with Crippen molar-refractivity contribution in [3.8, 4) is 0 Å². The molecule has 0 spiro atoms. The summed E-state index contributed by atoms with van der Waals surface area (Å²) in [6, 6.07) is 0.101. The van der Waals surface area contributed by atoms with Crippen LogP contribution in [0.2, 0.25) is 0 Å². The number of carbonyl (C=O) groups is 2. The van der Waals surface area contributed by atoms with E-state index in [0.717, 1.165) is 12.8 Å². The molecule has 114 valence electrons. The molecule has 20 heavy (non-hydrogen) atoms. The molecule has 2 saturated heterocycles. The molecule has 0 saturated carbocycles. The first-order valence-corrected chi connectivity index (χ1v) is 7.53. The first-order valence-electron chi connectivity index (χ1n) is 7.53. The molecule has 0 radical (unpaired) electrons. The Balaban J connectivity index is 1.84. The summed E-state index contributed by atoms with van der Waals surface area (Å²) in [4.78, 5) is 25.2. The molecule has 2 fully saturated rings. The molecule has 0 aromatic carbocycles. The molecular formula is C14H25N3O3. The van der Waals surface area contributed by atoms with E-state index in [1.165, 1.54) is 19.3 Å². The Labute approximate surface area is 119 Å². The third kappa shape index (κ3) is 3.42. The Bertz CT molecular complexity index is 361. The zero-order chi connectivity index (χ0) is 14.7. The largest absolute Gasteiger partial charge is 0.480 e. The molecule has 3 atom stereocenters. The lowest BCUT2D eigenvalue weighted by molar-refractivity contribution is -0.139. The van der Waals surface area contributed by atoms with Crippen LogP contribution >= 0.6 is 0 Å². The van der Waals surface area contributed by atoms with Crippen molar-refractivity contribution in [3.05, 3.63) is 0 Å². The second-order valence-corrected chi connectivity index (χ2v) is 5.99. The number of aliphatic carboxylic acids is 1. The van der Waals surface area contributed by atoms with Gasteiger partial charge >= 0.3 is 12.0 Å². The highest BCUT2D eigenvalue weighted by molar-refractivity contribution is 5.82. The zero-order valence-corrected chi connectivity index (χ0v) is 12.3. The standard InChI is InChI=1S/C14H25N3O3/c1-3-12(13(18)19)16-14(20)15-9-7-10-5-4-6-11(8-9)17(10)2/h9-12H,3-8H2,1-2H3,(H,18,19)(H2,15,16,20)/t9?,10?,11?,12-/m1/s1. The molecule has 2 bridgehead atoms. The summed E-state index contributed by atoms with van der Waals surface area (Å²) in [5.41, 5.74) is 0. The van der Waals surface area contributed by atoms with E-state index < -0.39 is 12.0 Å². The highest BCUT2D eigenvalue weighted by Gasteiger charge is 2.36. The number of fused-ring (bicyclic) bond motifs is 2. The Kier molecular flexibility index (Phi) is 4.86. The van der Waals surface area contributed by atoms with Gasteiger partial charge < -0.3 is 20.6 Å². The number of carbonyl (C=O) groups excluding carboxylic acids is 1. The van der Waals surface area contributed by atoms with Gasteiger partial charge in [0.05, 0.1) is 0 Å². The highest BCUT2D eigenvalue weighted by Crippen LogP contribution is 2.32. The topological polar surface area (TPSA) is 81.7 Å². The van der Waals surface area contributed by atoms with E-state index in [4.69, 9.17) is 5.11 Å². The van der Waals surface area contributed by atoms with Crippen LogP contribution in [0.15, 0.2) is 0 Å². The molecule has 2 unspecified atom stereocenters. The molecule has 3 N–H and O–H groups in total. The summed E-state index contributed by atoms with van der Waals surface area (Å²) < 4.78 is 0. The molecule has 2 aliphatic rings. The van der Waals surface area contributed by atoms with Crippen molar-refractivity contribution < 1.29 is 14.7 Å². The predicted octanol–water partition coefficient (Wildman–Crippen LogP) is 1.16. The monoisotopic (exact) mass is 283 g/mol. The lowest BCUT2D eigenvalue weighted by atomic mass is 9.82. The smallest absolute Gasteiger partial charge is 0.326 e. The average Bonchev–Trinajstić information content (AvgIpc) is 2.37. The lowest BCUT2D eigenvalue weighted by Crippen LogP contribution is -2.57. The number of rotatable bonds is 4. The highest BCUT2D eigenvalue weighted by atomic mass is 16.4. The summed E-state index contributed by atoms with van der Waals surface area (Å²) in [6.07, 6.45) is 5.98. The van der Waals surface area contributed by atoms with E-state index in [0.29, 0.717) is 18.5 Å². The third-order valence-electron chi connectivity index (χ3n) is 4.69. The summed E-state index contributed by atoms with van der Waals surface area (Å²) in [5.74, 6) is -0.983. The third-order valence-corrected chi connectivity index (χ3v) is 4.69. The zero-order valence-electron chi connectivity index (χ0n) is 12.3. The van der Waals surface area contributed by atoms with Gasteiger partial charge in [0.15, 0.2) is 0 Å². The van der Waals surface area contributed by atoms with Crippen molar-refractivity contribution in [2.45, 2.75) is 69.6 Å².